The predicted octanol–water partition coefficient (Wildman–Crippen LogP) is 5.50. The lowest BCUT2D eigenvalue weighted by molar-refractivity contribution is -0.129. The Morgan fingerprint density at radius 1 is 1.17 bits per heavy atom. The van der Waals surface area contributed by atoms with Crippen molar-refractivity contribution in [3.8, 4) is 0 Å². The highest BCUT2D eigenvalue weighted by atomic mass is 35.5. The highest BCUT2D eigenvalue weighted by Crippen LogP contribution is 2.33. The normalized spacial score (nSPS) is 17.1. The second-order valence-electron chi connectivity index (χ2n) is 8.78. The fourth-order valence-corrected chi connectivity index (χ4v) is 4.09. The average molecular weight is 434 g/mol. The number of carbonyl (C=O) groups is 1. The Balaban J connectivity index is 1.68. The summed E-state index contributed by atoms with van der Waals surface area (Å²) >= 11 is 12.5. The van der Waals surface area contributed by atoms with Gasteiger partial charge in [-0.25, -0.2) is 0 Å². The summed E-state index contributed by atoms with van der Waals surface area (Å²) in [5.74, 6) is 0.406. The van der Waals surface area contributed by atoms with Gasteiger partial charge in [-0.2, -0.15) is 0 Å². The van der Waals surface area contributed by atoms with Crippen LogP contribution in [0.1, 0.15) is 50.9 Å². The van der Waals surface area contributed by atoms with Crippen molar-refractivity contribution in [2.75, 3.05) is 13.1 Å². The van der Waals surface area contributed by atoms with Crippen molar-refractivity contribution in [3.63, 3.8) is 0 Å². The summed E-state index contributed by atoms with van der Waals surface area (Å²) < 4.78 is 0. The first kappa shape index (κ1) is 22.1. The van der Waals surface area contributed by atoms with E-state index in [9.17, 15) is 4.79 Å². The molecule has 0 saturated carbocycles. The molecule has 4 nitrogen and oxygen atoms in total. The van der Waals surface area contributed by atoms with Gasteiger partial charge in [0, 0.05) is 18.2 Å². The van der Waals surface area contributed by atoms with Gasteiger partial charge < -0.3 is 5.32 Å². The van der Waals surface area contributed by atoms with E-state index in [4.69, 9.17) is 23.2 Å². The number of carbonyl (C=O) groups excluding carboxylic acids is 1. The molecule has 1 aromatic heterocycles. The second kappa shape index (κ2) is 9.46. The van der Waals surface area contributed by atoms with Gasteiger partial charge >= 0.3 is 0 Å². The molecule has 0 radical (unpaired) electrons. The van der Waals surface area contributed by atoms with E-state index >= 15 is 0 Å². The maximum atomic E-state index is 12.7. The molecule has 2 heterocycles. The van der Waals surface area contributed by atoms with Gasteiger partial charge in [-0.05, 0) is 55.6 Å². The van der Waals surface area contributed by atoms with Gasteiger partial charge in [-0.3, -0.25) is 14.7 Å². The third-order valence-corrected chi connectivity index (χ3v) is 6.36. The van der Waals surface area contributed by atoms with Gasteiger partial charge in [-0.1, -0.05) is 62.2 Å². The molecule has 1 aliphatic rings. The van der Waals surface area contributed by atoms with Crippen LogP contribution in [0.15, 0.2) is 42.6 Å². The Morgan fingerprint density at radius 2 is 1.90 bits per heavy atom. The van der Waals surface area contributed by atoms with Crippen LogP contribution in [0.3, 0.4) is 0 Å². The molecule has 156 valence electrons. The van der Waals surface area contributed by atoms with Crippen LogP contribution in [-0.4, -0.2) is 28.9 Å². The molecule has 3 rings (SSSR count). The maximum Gasteiger partial charge on any atom is 0.225 e. The monoisotopic (exact) mass is 433 g/mol. The Hall–Kier alpha value is -1.62. The van der Waals surface area contributed by atoms with E-state index in [1.54, 1.807) is 6.20 Å². The van der Waals surface area contributed by atoms with Gasteiger partial charge in [0.25, 0.3) is 0 Å². The number of pyridine rings is 1. The van der Waals surface area contributed by atoms with E-state index < -0.39 is 5.41 Å². The van der Waals surface area contributed by atoms with Crippen molar-refractivity contribution >= 4 is 29.1 Å². The summed E-state index contributed by atoms with van der Waals surface area (Å²) in [7, 11) is 0. The number of amides is 1. The van der Waals surface area contributed by atoms with E-state index in [2.05, 4.69) is 15.2 Å². The number of hydrogen-bond acceptors (Lipinski definition) is 3. The third-order valence-electron chi connectivity index (χ3n) is 5.50. The van der Waals surface area contributed by atoms with Crippen molar-refractivity contribution in [1.82, 2.24) is 15.2 Å². The predicted molar refractivity (Wildman–Crippen MR) is 119 cm³/mol. The quantitative estimate of drug-likeness (QED) is 0.676. The first-order chi connectivity index (χ1) is 13.8. The summed E-state index contributed by atoms with van der Waals surface area (Å²) in [6, 6.07) is 11.6. The number of likely N-dealkylation sites (tertiary alicyclic amines) is 1. The lowest BCUT2D eigenvalue weighted by Crippen LogP contribution is -2.44. The highest BCUT2D eigenvalue weighted by Gasteiger charge is 2.32. The molecular formula is C23H29Cl2N3O. The number of hydrogen-bond donors (Lipinski definition) is 1. The molecular weight excluding hydrogens is 405 g/mol. The number of rotatable bonds is 5. The molecule has 1 aliphatic heterocycles. The molecule has 1 aromatic carbocycles. The second-order valence-corrected chi connectivity index (χ2v) is 9.57. The first-order valence-corrected chi connectivity index (χ1v) is 10.9. The first-order valence-electron chi connectivity index (χ1n) is 10.1. The van der Waals surface area contributed by atoms with E-state index in [0.29, 0.717) is 16.0 Å². The maximum absolute atomic E-state index is 12.7. The van der Waals surface area contributed by atoms with Crippen LogP contribution >= 0.6 is 23.2 Å². The molecule has 2 aromatic rings. The molecule has 1 amide bonds. The fourth-order valence-electron chi connectivity index (χ4n) is 3.71. The third kappa shape index (κ3) is 5.71. The van der Waals surface area contributed by atoms with Crippen LogP contribution in [0, 0.1) is 11.3 Å². The van der Waals surface area contributed by atoms with Crippen molar-refractivity contribution in [2.45, 2.75) is 46.2 Å². The molecule has 1 fully saturated rings. The topological polar surface area (TPSA) is 45.2 Å². The van der Waals surface area contributed by atoms with Gasteiger partial charge in [0.15, 0.2) is 0 Å². The van der Waals surface area contributed by atoms with Crippen LogP contribution in [0.25, 0.3) is 0 Å². The number of nitrogens with zero attached hydrogens (tertiary/aromatic N) is 2. The molecule has 0 spiro atoms. The van der Waals surface area contributed by atoms with Crippen LogP contribution in [0.4, 0.5) is 0 Å². The smallest absolute Gasteiger partial charge is 0.225 e. The number of halogens is 2. The molecule has 1 unspecified atom stereocenters. The number of benzene rings is 1. The molecule has 1 saturated heterocycles. The van der Waals surface area contributed by atoms with Crippen LogP contribution in [0.5, 0.6) is 0 Å². The minimum Gasteiger partial charge on any atom is -0.347 e. The largest absolute Gasteiger partial charge is 0.347 e. The standard InChI is InChI=1S/C23H29Cl2N3O/c1-23(2,3)22(29)27-21(19-9-4-5-12-26-19)16-10-13-28(14-11-16)15-17-7-6-8-18(24)20(17)25/h4-9,12,16,21H,10-11,13-15H2,1-3H3,(H,27,29). The number of aromatic nitrogens is 1. The van der Waals surface area contributed by atoms with Crippen molar-refractivity contribution in [2.24, 2.45) is 11.3 Å². The van der Waals surface area contributed by atoms with Crippen LogP contribution in [0.2, 0.25) is 10.0 Å². The zero-order valence-electron chi connectivity index (χ0n) is 17.3. The summed E-state index contributed by atoms with van der Waals surface area (Å²) in [6.07, 6.45) is 3.77. The molecule has 1 atom stereocenters. The lowest BCUT2D eigenvalue weighted by Gasteiger charge is -2.37. The molecule has 1 N–H and O–H groups in total. The van der Waals surface area contributed by atoms with Gasteiger partial charge in [0.1, 0.15) is 0 Å². The Bertz CT molecular complexity index is 828. The van der Waals surface area contributed by atoms with E-state index in [1.807, 2.05) is 57.2 Å². The molecule has 6 heteroatoms. The SMILES string of the molecule is CC(C)(C)C(=O)NC(c1ccccn1)C1CCN(Cc2cccc(Cl)c2Cl)CC1. The van der Waals surface area contributed by atoms with E-state index in [0.717, 1.165) is 43.7 Å². The Morgan fingerprint density at radius 3 is 2.52 bits per heavy atom. The van der Waals surface area contributed by atoms with Crippen LogP contribution in [-0.2, 0) is 11.3 Å². The number of nitrogens with one attached hydrogen (secondary N) is 1. The van der Waals surface area contributed by atoms with Crippen LogP contribution < -0.4 is 5.32 Å². The summed E-state index contributed by atoms with van der Waals surface area (Å²) in [6.45, 7) is 8.50. The average Bonchev–Trinajstić information content (AvgIpc) is 2.70. The van der Waals surface area contributed by atoms with Gasteiger partial charge in [0.05, 0.1) is 21.8 Å². The minimum absolute atomic E-state index is 0.0568. The lowest BCUT2D eigenvalue weighted by atomic mass is 9.85. The van der Waals surface area contributed by atoms with E-state index in [1.165, 1.54) is 0 Å². The molecule has 29 heavy (non-hydrogen) atoms. The van der Waals surface area contributed by atoms with Crippen molar-refractivity contribution in [3.05, 3.63) is 63.9 Å². The molecule has 0 aliphatic carbocycles. The van der Waals surface area contributed by atoms with Crippen molar-refractivity contribution in [1.29, 1.82) is 0 Å². The van der Waals surface area contributed by atoms with E-state index in [-0.39, 0.29) is 11.9 Å². The number of piperidine rings is 1. The van der Waals surface area contributed by atoms with Gasteiger partial charge in [-0.15, -0.1) is 0 Å². The molecule has 0 bridgehead atoms. The highest BCUT2D eigenvalue weighted by molar-refractivity contribution is 6.42. The minimum atomic E-state index is -0.433. The van der Waals surface area contributed by atoms with Crippen molar-refractivity contribution < 1.29 is 4.79 Å². The summed E-state index contributed by atoms with van der Waals surface area (Å²) in [4.78, 5) is 19.6. The zero-order valence-corrected chi connectivity index (χ0v) is 18.8. The fraction of sp³-hybridized carbons (Fsp3) is 0.478. The summed E-state index contributed by atoms with van der Waals surface area (Å²) in [5.41, 5.74) is 1.55. The zero-order chi connectivity index (χ0) is 21.0. The Kier molecular flexibility index (Phi) is 7.20. The Labute approximate surface area is 183 Å². The van der Waals surface area contributed by atoms with Gasteiger partial charge in [0.2, 0.25) is 5.91 Å². The summed E-state index contributed by atoms with van der Waals surface area (Å²) in [5, 5.41) is 4.50.